The van der Waals surface area contributed by atoms with Gasteiger partial charge in [0.25, 0.3) is 0 Å². The smallest absolute Gasteiger partial charge is 0.242 e. The van der Waals surface area contributed by atoms with E-state index < -0.39 is 6.04 Å². The summed E-state index contributed by atoms with van der Waals surface area (Å²) in [6.45, 7) is 2.54. The number of carbonyl (C=O) groups excluding carboxylic acids is 2. The lowest BCUT2D eigenvalue weighted by Crippen LogP contribution is -2.50. The minimum atomic E-state index is -0.573. The summed E-state index contributed by atoms with van der Waals surface area (Å²) in [6.07, 6.45) is 6.40. The summed E-state index contributed by atoms with van der Waals surface area (Å²) < 4.78 is 5.71. The van der Waals surface area contributed by atoms with Gasteiger partial charge in [-0.05, 0) is 49.9 Å². The number of nitrogens with one attached hydrogen (secondary N) is 1. The summed E-state index contributed by atoms with van der Waals surface area (Å²) >= 11 is 6.35. The van der Waals surface area contributed by atoms with Gasteiger partial charge in [-0.25, -0.2) is 0 Å². The van der Waals surface area contributed by atoms with Crippen molar-refractivity contribution in [2.45, 2.75) is 70.5 Å². The van der Waals surface area contributed by atoms with Gasteiger partial charge in [0, 0.05) is 24.0 Å². The van der Waals surface area contributed by atoms with Crippen molar-refractivity contribution in [3.63, 3.8) is 0 Å². The molecule has 32 heavy (non-hydrogen) atoms. The molecule has 5 nitrogen and oxygen atoms in total. The summed E-state index contributed by atoms with van der Waals surface area (Å²) in [6, 6.07) is 16.6. The normalized spacial score (nSPS) is 15.1. The second-order valence-electron chi connectivity index (χ2n) is 8.40. The fourth-order valence-corrected chi connectivity index (χ4v) is 4.23. The van der Waals surface area contributed by atoms with Gasteiger partial charge in [0.2, 0.25) is 11.8 Å². The van der Waals surface area contributed by atoms with Crippen molar-refractivity contribution in [1.29, 1.82) is 0 Å². The zero-order valence-corrected chi connectivity index (χ0v) is 19.5. The Morgan fingerprint density at radius 1 is 1.06 bits per heavy atom. The van der Waals surface area contributed by atoms with Crippen LogP contribution in [0, 0.1) is 0 Å². The Labute approximate surface area is 196 Å². The molecular weight excluding hydrogens is 424 g/mol. The molecule has 0 aromatic heterocycles. The Kier molecular flexibility index (Phi) is 9.42. The SMILES string of the molecule is CC(C(=O)NC1CCCCC1)N(Cc1ccccc1Cl)C(=O)CCCOc1ccccc1. The number of amides is 2. The molecule has 1 unspecified atom stereocenters. The third kappa shape index (κ3) is 7.27. The molecule has 0 spiro atoms. The second-order valence-corrected chi connectivity index (χ2v) is 8.80. The highest BCUT2D eigenvalue weighted by Gasteiger charge is 2.28. The summed E-state index contributed by atoms with van der Waals surface area (Å²) in [5.74, 6) is 0.610. The van der Waals surface area contributed by atoms with Gasteiger partial charge in [-0.15, -0.1) is 0 Å². The first-order chi connectivity index (χ1) is 15.5. The predicted molar refractivity (Wildman–Crippen MR) is 128 cm³/mol. The molecule has 6 heteroatoms. The van der Waals surface area contributed by atoms with Gasteiger partial charge in [-0.3, -0.25) is 9.59 Å². The third-order valence-electron chi connectivity index (χ3n) is 5.96. The lowest BCUT2D eigenvalue weighted by atomic mass is 9.95. The Morgan fingerprint density at radius 3 is 2.47 bits per heavy atom. The van der Waals surface area contributed by atoms with E-state index in [0.717, 1.165) is 37.0 Å². The lowest BCUT2D eigenvalue weighted by Gasteiger charge is -2.31. The Balaban J connectivity index is 1.61. The minimum absolute atomic E-state index is 0.0760. The Morgan fingerprint density at radius 2 is 1.75 bits per heavy atom. The molecule has 2 amide bonds. The quantitative estimate of drug-likeness (QED) is 0.489. The Bertz CT molecular complexity index is 868. The molecule has 1 aliphatic carbocycles. The van der Waals surface area contributed by atoms with Crippen molar-refractivity contribution in [3.8, 4) is 5.75 Å². The highest BCUT2D eigenvalue weighted by atomic mass is 35.5. The molecule has 0 saturated heterocycles. The van der Waals surface area contributed by atoms with Crippen molar-refractivity contribution in [2.24, 2.45) is 0 Å². The van der Waals surface area contributed by atoms with Crippen LogP contribution in [0.5, 0.6) is 5.75 Å². The van der Waals surface area contributed by atoms with Gasteiger partial charge < -0.3 is 15.0 Å². The molecule has 0 heterocycles. The van der Waals surface area contributed by atoms with Crippen LogP contribution in [0.2, 0.25) is 5.02 Å². The first kappa shape index (κ1) is 24.1. The molecular formula is C26H33ClN2O3. The predicted octanol–water partition coefficient (Wildman–Crippen LogP) is 5.37. The zero-order valence-electron chi connectivity index (χ0n) is 18.8. The van der Waals surface area contributed by atoms with E-state index in [1.807, 2.05) is 48.5 Å². The molecule has 1 atom stereocenters. The number of hydrogen-bond donors (Lipinski definition) is 1. The van der Waals surface area contributed by atoms with Crippen LogP contribution in [-0.2, 0) is 16.1 Å². The number of hydrogen-bond acceptors (Lipinski definition) is 3. The molecule has 1 N–H and O–H groups in total. The number of rotatable bonds is 10. The van der Waals surface area contributed by atoms with Gasteiger partial charge in [0.1, 0.15) is 11.8 Å². The van der Waals surface area contributed by atoms with Crippen molar-refractivity contribution < 1.29 is 14.3 Å². The van der Waals surface area contributed by atoms with Crippen LogP contribution in [0.3, 0.4) is 0 Å². The molecule has 0 aliphatic heterocycles. The van der Waals surface area contributed by atoms with Crippen LogP contribution in [0.15, 0.2) is 54.6 Å². The molecule has 2 aromatic carbocycles. The first-order valence-electron chi connectivity index (χ1n) is 11.6. The maximum atomic E-state index is 13.2. The highest BCUT2D eigenvalue weighted by Crippen LogP contribution is 2.21. The molecule has 1 fully saturated rings. The fourth-order valence-electron chi connectivity index (χ4n) is 4.04. The van der Waals surface area contributed by atoms with Gasteiger partial charge in [-0.2, -0.15) is 0 Å². The summed E-state index contributed by atoms with van der Waals surface area (Å²) in [5.41, 5.74) is 0.834. The fraction of sp³-hybridized carbons (Fsp3) is 0.462. The number of nitrogens with zero attached hydrogens (tertiary/aromatic N) is 1. The number of benzene rings is 2. The van der Waals surface area contributed by atoms with Gasteiger partial charge in [0.15, 0.2) is 0 Å². The molecule has 172 valence electrons. The van der Waals surface area contributed by atoms with E-state index in [-0.39, 0.29) is 17.9 Å². The monoisotopic (exact) mass is 456 g/mol. The van der Waals surface area contributed by atoms with Gasteiger partial charge >= 0.3 is 0 Å². The van der Waals surface area contributed by atoms with E-state index in [9.17, 15) is 9.59 Å². The second kappa shape index (κ2) is 12.5. The van der Waals surface area contributed by atoms with E-state index in [4.69, 9.17) is 16.3 Å². The topological polar surface area (TPSA) is 58.6 Å². The molecule has 0 radical (unpaired) electrons. The minimum Gasteiger partial charge on any atom is -0.494 e. The number of carbonyl (C=O) groups is 2. The summed E-state index contributed by atoms with van der Waals surface area (Å²) in [5, 5.41) is 3.75. The van der Waals surface area contributed by atoms with Gasteiger partial charge in [-0.1, -0.05) is 67.3 Å². The van der Waals surface area contributed by atoms with Crippen molar-refractivity contribution in [3.05, 3.63) is 65.2 Å². The number of para-hydroxylation sites is 1. The number of ether oxygens (including phenoxy) is 1. The maximum absolute atomic E-state index is 13.2. The molecule has 1 aliphatic rings. The average Bonchev–Trinajstić information content (AvgIpc) is 2.82. The van der Waals surface area contributed by atoms with E-state index in [2.05, 4.69) is 5.32 Å². The number of halogens is 1. The zero-order chi connectivity index (χ0) is 22.8. The molecule has 2 aromatic rings. The summed E-state index contributed by atoms with van der Waals surface area (Å²) in [7, 11) is 0. The maximum Gasteiger partial charge on any atom is 0.242 e. The standard InChI is InChI=1S/C26H33ClN2O3/c1-20(26(31)28-22-12-4-2-5-13-22)29(19-21-11-8-9-16-24(21)27)25(30)17-10-18-32-23-14-6-3-7-15-23/h3,6-9,11,14-16,20,22H,2,4-5,10,12-13,17-19H2,1H3,(H,28,31). The molecule has 3 rings (SSSR count). The molecule has 1 saturated carbocycles. The first-order valence-corrected chi connectivity index (χ1v) is 11.9. The van der Waals surface area contributed by atoms with E-state index in [1.165, 1.54) is 6.42 Å². The van der Waals surface area contributed by atoms with Crippen molar-refractivity contribution in [1.82, 2.24) is 10.2 Å². The van der Waals surface area contributed by atoms with Crippen molar-refractivity contribution >= 4 is 23.4 Å². The summed E-state index contributed by atoms with van der Waals surface area (Å²) in [4.78, 5) is 27.8. The lowest BCUT2D eigenvalue weighted by molar-refractivity contribution is -0.141. The van der Waals surface area contributed by atoms with Crippen LogP contribution in [-0.4, -0.2) is 35.4 Å². The third-order valence-corrected chi connectivity index (χ3v) is 6.33. The van der Waals surface area contributed by atoms with Crippen LogP contribution in [0.25, 0.3) is 0 Å². The largest absolute Gasteiger partial charge is 0.494 e. The Hall–Kier alpha value is -2.53. The van der Waals surface area contributed by atoms with Crippen LogP contribution >= 0.6 is 11.6 Å². The van der Waals surface area contributed by atoms with Crippen LogP contribution in [0.4, 0.5) is 0 Å². The van der Waals surface area contributed by atoms with E-state index in [0.29, 0.717) is 31.0 Å². The van der Waals surface area contributed by atoms with Crippen LogP contribution < -0.4 is 10.1 Å². The molecule has 0 bridgehead atoms. The average molecular weight is 457 g/mol. The van der Waals surface area contributed by atoms with Gasteiger partial charge in [0.05, 0.1) is 6.61 Å². The van der Waals surface area contributed by atoms with Crippen LogP contribution in [0.1, 0.15) is 57.4 Å². The van der Waals surface area contributed by atoms with E-state index >= 15 is 0 Å². The highest BCUT2D eigenvalue weighted by molar-refractivity contribution is 6.31. The van der Waals surface area contributed by atoms with E-state index in [1.54, 1.807) is 17.9 Å². The van der Waals surface area contributed by atoms with Crippen molar-refractivity contribution in [2.75, 3.05) is 6.61 Å².